The van der Waals surface area contributed by atoms with Crippen molar-refractivity contribution in [2.75, 3.05) is 5.32 Å². The van der Waals surface area contributed by atoms with E-state index in [9.17, 15) is 13.2 Å². The summed E-state index contributed by atoms with van der Waals surface area (Å²) in [5.41, 5.74) is 0.879. The largest absolute Gasteiger partial charge is 0.337 e. The van der Waals surface area contributed by atoms with Crippen LogP contribution in [0.4, 0.5) is 29.1 Å². The van der Waals surface area contributed by atoms with Crippen molar-refractivity contribution in [2.45, 2.75) is 6.92 Å². The average Bonchev–Trinajstić information content (AvgIpc) is 3.00. The summed E-state index contributed by atoms with van der Waals surface area (Å²) in [6.07, 6.45) is 0. The summed E-state index contributed by atoms with van der Waals surface area (Å²) >= 11 is 12.3. The summed E-state index contributed by atoms with van der Waals surface area (Å²) in [5, 5.41) is 7.39. The zero-order valence-electron chi connectivity index (χ0n) is 16.8. The first-order chi connectivity index (χ1) is 15.2. The summed E-state index contributed by atoms with van der Waals surface area (Å²) in [6, 6.07) is 9.99. The minimum Gasteiger partial charge on any atom is -0.337 e. The fourth-order valence-electron chi connectivity index (χ4n) is 3.59. The van der Waals surface area contributed by atoms with Crippen LogP contribution in [0.15, 0.2) is 48.5 Å². The molecule has 164 valence electrons. The Kier molecular flexibility index (Phi) is 5.88. The van der Waals surface area contributed by atoms with Gasteiger partial charge in [-0.25, -0.2) is 17.6 Å². The molecule has 32 heavy (non-hydrogen) atoms. The topological polar surface area (TPSA) is 29.9 Å². The third-order valence-corrected chi connectivity index (χ3v) is 5.58. The molecule has 9 heteroatoms. The molecule has 0 amide bonds. The number of hydrogen-bond acceptors (Lipinski definition) is 2. The second kappa shape index (κ2) is 8.48. The first kappa shape index (κ1) is 22.2. The van der Waals surface area contributed by atoms with E-state index in [4.69, 9.17) is 23.2 Å². The molecule has 1 heterocycles. The molecule has 0 saturated heterocycles. The third kappa shape index (κ3) is 3.82. The van der Waals surface area contributed by atoms with Crippen molar-refractivity contribution in [3.8, 4) is 22.3 Å². The maximum atomic E-state index is 15.0. The molecule has 1 N–H and O–H groups in total. The van der Waals surface area contributed by atoms with Crippen LogP contribution in [0.25, 0.3) is 22.3 Å². The Hall–Kier alpha value is -3.03. The molecule has 1 aromatic heterocycles. The Morgan fingerprint density at radius 2 is 1.50 bits per heavy atom. The van der Waals surface area contributed by atoms with Gasteiger partial charge in [0.2, 0.25) is 0 Å². The van der Waals surface area contributed by atoms with Crippen LogP contribution in [0.5, 0.6) is 0 Å². The van der Waals surface area contributed by atoms with E-state index in [0.29, 0.717) is 17.1 Å². The zero-order valence-corrected chi connectivity index (χ0v) is 18.3. The molecule has 0 fully saturated rings. The molecule has 0 bridgehead atoms. The zero-order chi connectivity index (χ0) is 23.2. The van der Waals surface area contributed by atoms with Gasteiger partial charge in [0.25, 0.3) is 0 Å². The predicted molar refractivity (Wildman–Crippen MR) is 118 cm³/mol. The van der Waals surface area contributed by atoms with Gasteiger partial charge in [-0.2, -0.15) is 5.10 Å². The Morgan fingerprint density at radius 1 is 0.844 bits per heavy atom. The summed E-state index contributed by atoms with van der Waals surface area (Å²) in [6.45, 7) is 1.67. The number of aryl methyl sites for hydroxylation is 2. The minimum atomic E-state index is -1.19. The van der Waals surface area contributed by atoms with Crippen LogP contribution in [0.2, 0.25) is 10.0 Å². The number of anilines is 2. The monoisotopic (exact) mass is 479 g/mol. The van der Waals surface area contributed by atoms with Gasteiger partial charge >= 0.3 is 0 Å². The quantitative estimate of drug-likeness (QED) is 0.304. The molecule has 4 rings (SSSR count). The molecule has 0 aliphatic carbocycles. The molecule has 0 aliphatic rings. The molecule has 0 aliphatic heterocycles. The van der Waals surface area contributed by atoms with Crippen molar-refractivity contribution in [3.05, 3.63) is 87.5 Å². The van der Waals surface area contributed by atoms with E-state index in [0.717, 1.165) is 24.3 Å². The summed E-state index contributed by atoms with van der Waals surface area (Å²) in [4.78, 5) is 0. The van der Waals surface area contributed by atoms with Crippen LogP contribution in [0, 0.1) is 30.2 Å². The van der Waals surface area contributed by atoms with Crippen LogP contribution >= 0.6 is 23.2 Å². The van der Waals surface area contributed by atoms with Crippen LogP contribution in [-0.2, 0) is 7.05 Å². The minimum absolute atomic E-state index is 0.0133. The molecule has 0 unspecified atom stereocenters. The number of aromatic nitrogens is 2. The Balaban J connectivity index is 1.98. The lowest BCUT2D eigenvalue weighted by Gasteiger charge is -2.16. The molecular formula is C23H15Cl2F4N3. The van der Waals surface area contributed by atoms with Gasteiger partial charge < -0.3 is 5.32 Å². The maximum absolute atomic E-state index is 15.0. The molecule has 0 atom stereocenters. The smallest absolute Gasteiger partial charge is 0.167 e. The Bertz CT molecular complexity index is 1330. The third-order valence-electron chi connectivity index (χ3n) is 4.98. The van der Waals surface area contributed by atoms with E-state index in [2.05, 4.69) is 10.4 Å². The number of hydrogen-bond donors (Lipinski definition) is 1. The molecule has 4 aromatic rings. The second-order valence-corrected chi connectivity index (χ2v) is 7.88. The van der Waals surface area contributed by atoms with Crippen molar-refractivity contribution in [3.63, 3.8) is 0 Å². The summed E-state index contributed by atoms with van der Waals surface area (Å²) < 4.78 is 58.8. The van der Waals surface area contributed by atoms with Crippen molar-refractivity contribution in [1.29, 1.82) is 0 Å². The predicted octanol–water partition coefficient (Wildman–Crippen LogP) is 7.67. The van der Waals surface area contributed by atoms with Gasteiger partial charge in [0.15, 0.2) is 11.6 Å². The highest BCUT2D eigenvalue weighted by molar-refractivity contribution is 6.39. The van der Waals surface area contributed by atoms with Gasteiger partial charge in [-0.3, -0.25) is 4.68 Å². The number of rotatable bonds is 4. The van der Waals surface area contributed by atoms with Crippen LogP contribution in [-0.4, -0.2) is 9.78 Å². The van der Waals surface area contributed by atoms with Crippen LogP contribution in [0.3, 0.4) is 0 Å². The van der Waals surface area contributed by atoms with Gasteiger partial charge in [0.1, 0.15) is 17.5 Å². The second-order valence-electron chi connectivity index (χ2n) is 7.07. The number of halogens is 6. The molecule has 3 aromatic carbocycles. The molecular weight excluding hydrogens is 465 g/mol. The van der Waals surface area contributed by atoms with Gasteiger partial charge in [0, 0.05) is 23.7 Å². The van der Waals surface area contributed by atoms with Gasteiger partial charge in [0.05, 0.1) is 21.4 Å². The highest BCUT2D eigenvalue weighted by Gasteiger charge is 2.25. The van der Waals surface area contributed by atoms with Gasteiger partial charge in [-0.05, 0) is 36.8 Å². The van der Waals surface area contributed by atoms with E-state index in [-0.39, 0.29) is 32.4 Å². The van der Waals surface area contributed by atoms with Gasteiger partial charge in [-0.15, -0.1) is 0 Å². The van der Waals surface area contributed by atoms with Crippen LogP contribution < -0.4 is 5.32 Å². The maximum Gasteiger partial charge on any atom is 0.167 e. The summed E-state index contributed by atoms with van der Waals surface area (Å²) in [5.74, 6) is -3.32. The lowest BCUT2D eigenvalue weighted by molar-refractivity contribution is 0.510. The number of nitrogens with zero attached hydrogens (tertiary/aromatic N) is 2. The standard InChI is InChI=1S/C23H15Cl2F4N3/c1-11-19(23(32(2)31-11)30-22-15(24)9-12(26)10-16(22)25)14-7-8-18(28)21(29)20(14)13-5-3-4-6-17(13)27/h3-10,30H,1-2H3. The van der Waals surface area contributed by atoms with E-state index in [1.165, 1.54) is 28.9 Å². The lowest BCUT2D eigenvalue weighted by atomic mass is 9.93. The normalized spacial score (nSPS) is 11.1. The Morgan fingerprint density at radius 3 is 2.16 bits per heavy atom. The fourth-order valence-corrected chi connectivity index (χ4v) is 4.15. The van der Waals surface area contributed by atoms with E-state index in [1.807, 2.05) is 0 Å². The summed E-state index contributed by atoms with van der Waals surface area (Å²) in [7, 11) is 1.62. The van der Waals surface area contributed by atoms with E-state index in [1.54, 1.807) is 14.0 Å². The highest BCUT2D eigenvalue weighted by Crippen LogP contribution is 2.43. The first-order valence-electron chi connectivity index (χ1n) is 9.37. The highest BCUT2D eigenvalue weighted by atomic mass is 35.5. The Labute approximate surface area is 191 Å². The van der Waals surface area contributed by atoms with Gasteiger partial charge in [-0.1, -0.05) is 47.5 Å². The van der Waals surface area contributed by atoms with E-state index >= 15 is 4.39 Å². The molecule has 0 radical (unpaired) electrons. The number of benzene rings is 3. The average molecular weight is 480 g/mol. The number of nitrogens with one attached hydrogen (secondary N) is 1. The first-order valence-corrected chi connectivity index (χ1v) is 10.1. The van der Waals surface area contributed by atoms with E-state index < -0.39 is 23.3 Å². The van der Waals surface area contributed by atoms with Crippen molar-refractivity contribution >= 4 is 34.7 Å². The SMILES string of the molecule is Cc1nn(C)c(Nc2c(Cl)cc(F)cc2Cl)c1-c1ccc(F)c(F)c1-c1ccccc1F. The lowest BCUT2D eigenvalue weighted by Crippen LogP contribution is -2.03. The molecule has 3 nitrogen and oxygen atoms in total. The molecule has 0 spiro atoms. The van der Waals surface area contributed by atoms with Crippen LogP contribution in [0.1, 0.15) is 5.69 Å². The van der Waals surface area contributed by atoms with Crippen molar-refractivity contribution in [2.24, 2.45) is 7.05 Å². The van der Waals surface area contributed by atoms with Crippen molar-refractivity contribution < 1.29 is 17.6 Å². The molecule has 0 saturated carbocycles. The fraction of sp³-hybridized carbons (Fsp3) is 0.0870. The van der Waals surface area contributed by atoms with Crippen molar-refractivity contribution in [1.82, 2.24) is 9.78 Å².